The molecule has 0 bridgehead atoms. The summed E-state index contributed by atoms with van der Waals surface area (Å²) < 4.78 is 35.5. The number of aliphatic hydroxyl groups excluding tert-OH is 1. The molecule has 266 valence electrons. The maximum Gasteiger partial charge on any atom is 0.335 e. The first-order chi connectivity index (χ1) is 23.2. The molecule has 0 saturated carbocycles. The Bertz CT molecular complexity index is 1690. The van der Waals surface area contributed by atoms with Gasteiger partial charge in [-0.05, 0) is 33.3 Å². The first kappa shape index (κ1) is 37.2. The van der Waals surface area contributed by atoms with E-state index in [2.05, 4.69) is 27.7 Å². The van der Waals surface area contributed by atoms with Crippen molar-refractivity contribution in [3.8, 4) is 0 Å². The van der Waals surface area contributed by atoms with E-state index in [0.717, 1.165) is 14.7 Å². The number of hydrogen-bond acceptors (Lipinski definition) is 9. The Morgan fingerprint density at radius 3 is 1.98 bits per heavy atom. The molecule has 13 heteroatoms. The van der Waals surface area contributed by atoms with Crippen molar-refractivity contribution in [2.24, 2.45) is 0 Å². The van der Waals surface area contributed by atoms with E-state index < -0.39 is 58.2 Å². The molecule has 2 aliphatic rings. The molecule has 2 aliphatic heterocycles. The topological polar surface area (TPSA) is 127 Å². The summed E-state index contributed by atoms with van der Waals surface area (Å²) in [5.74, 6) is -0.653. The number of hydrogen-bond donors (Lipinski definition) is 1. The highest BCUT2D eigenvalue weighted by atomic mass is 28.5. The molecular formula is C36H50N2O9Si2. The second-order valence-corrected chi connectivity index (χ2v) is 23.1. The number of benzene rings is 2. The number of aliphatic hydroxyl groups is 1. The van der Waals surface area contributed by atoms with Crippen molar-refractivity contribution in [2.45, 2.75) is 115 Å². The summed E-state index contributed by atoms with van der Waals surface area (Å²) in [6.45, 7) is 16.3. The standard InChI is InChI=1S/C36H50N2O9Si2/c1-24(2)48(25(3)4)44-22-30-32(46-49(47-48,26(5)6)27(7)8)34(41)36(45-30,33(40)29-17-13-10-14-18-29)38-20-19-31(39)37(35(38)42)23-43-21-28-15-11-9-12-16-28/h9-20,24-27,30,32-33,40H,21-23H2,1-8H3/t30-,32-,33?,36+/m1/s1. The zero-order valence-electron chi connectivity index (χ0n) is 29.7. The van der Waals surface area contributed by atoms with Gasteiger partial charge in [-0.2, -0.15) is 0 Å². The molecule has 49 heavy (non-hydrogen) atoms. The minimum Gasteiger partial charge on any atom is -0.414 e. The van der Waals surface area contributed by atoms with E-state index in [1.165, 1.54) is 12.3 Å². The lowest BCUT2D eigenvalue weighted by Crippen LogP contribution is -2.65. The Hall–Kier alpha value is -3.02. The van der Waals surface area contributed by atoms with Crippen LogP contribution in [-0.2, 0) is 46.3 Å². The second kappa shape index (κ2) is 14.7. The monoisotopic (exact) mass is 710 g/mol. The lowest BCUT2D eigenvalue weighted by atomic mass is 9.93. The van der Waals surface area contributed by atoms with Crippen LogP contribution in [0.15, 0.2) is 82.5 Å². The van der Waals surface area contributed by atoms with Crippen molar-refractivity contribution in [1.29, 1.82) is 0 Å². The molecule has 0 radical (unpaired) electrons. The van der Waals surface area contributed by atoms with Crippen molar-refractivity contribution < 1.29 is 32.3 Å². The van der Waals surface area contributed by atoms with Gasteiger partial charge in [0, 0.05) is 12.3 Å². The Morgan fingerprint density at radius 1 is 0.837 bits per heavy atom. The molecule has 0 amide bonds. The van der Waals surface area contributed by atoms with Gasteiger partial charge in [-0.1, -0.05) is 116 Å². The second-order valence-electron chi connectivity index (χ2n) is 14.2. The summed E-state index contributed by atoms with van der Waals surface area (Å²) in [4.78, 5) is 42.5. The average molecular weight is 711 g/mol. The van der Waals surface area contributed by atoms with Crippen LogP contribution in [0.3, 0.4) is 0 Å². The highest BCUT2D eigenvalue weighted by Crippen LogP contribution is 2.50. The van der Waals surface area contributed by atoms with Gasteiger partial charge in [0.15, 0.2) is 0 Å². The highest BCUT2D eigenvalue weighted by molar-refractivity contribution is 6.84. The van der Waals surface area contributed by atoms with E-state index in [4.69, 9.17) is 22.4 Å². The molecule has 2 aromatic carbocycles. The molecule has 4 atom stereocenters. The Balaban J connectivity index is 1.66. The number of nitrogens with zero attached hydrogens (tertiary/aromatic N) is 2. The molecule has 1 N–H and O–H groups in total. The minimum absolute atomic E-state index is 0.0442. The summed E-state index contributed by atoms with van der Waals surface area (Å²) in [7, 11) is -6.28. The normalized spacial score (nSPS) is 24.3. The van der Waals surface area contributed by atoms with Crippen molar-refractivity contribution in [3.05, 3.63) is 105 Å². The number of carbonyl (C=O) groups is 1. The lowest BCUT2D eigenvalue weighted by molar-refractivity contribution is -0.187. The van der Waals surface area contributed by atoms with Crippen LogP contribution < -0.4 is 11.2 Å². The fourth-order valence-electron chi connectivity index (χ4n) is 7.18. The Labute approximate surface area is 290 Å². The molecule has 0 spiro atoms. The van der Waals surface area contributed by atoms with Crippen LogP contribution in [-0.4, -0.2) is 56.0 Å². The fraction of sp³-hybridized carbons (Fsp3) is 0.528. The zero-order valence-corrected chi connectivity index (χ0v) is 31.7. The molecule has 3 heterocycles. The van der Waals surface area contributed by atoms with Crippen LogP contribution in [0, 0.1) is 0 Å². The average Bonchev–Trinajstić information content (AvgIpc) is 3.33. The number of rotatable bonds is 11. The maximum atomic E-state index is 15.1. The smallest absolute Gasteiger partial charge is 0.335 e. The first-order valence-corrected chi connectivity index (χ1v) is 21.1. The van der Waals surface area contributed by atoms with Crippen LogP contribution in [0.4, 0.5) is 0 Å². The van der Waals surface area contributed by atoms with Gasteiger partial charge < -0.3 is 27.5 Å². The van der Waals surface area contributed by atoms with Gasteiger partial charge in [0.25, 0.3) is 5.56 Å². The van der Waals surface area contributed by atoms with E-state index in [-0.39, 0.29) is 42.1 Å². The summed E-state index contributed by atoms with van der Waals surface area (Å²) in [6, 6.07) is 19.1. The predicted molar refractivity (Wildman–Crippen MR) is 189 cm³/mol. The van der Waals surface area contributed by atoms with Crippen molar-refractivity contribution >= 4 is 22.9 Å². The zero-order chi connectivity index (χ0) is 35.7. The quantitative estimate of drug-likeness (QED) is 0.257. The van der Waals surface area contributed by atoms with Crippen LogP contribution in [0.2, 0.25) is 22.2 Å². The first-order valence-electron chi connectivity index (χ1n) is 17.1. The van der Waals surface area contributed by atoms with Gasteiger partial charge >= 0.3 is 22.8 Å². The molecule has 2 fully saturated rings. The fourth-order valence-corrected chi connectivity index (χ4v) is 18.3. The number of fused-ring (bicyclic) bond motifs is 1. The Kier molecular flexibility index (Phi) is 11.2. The highest BCUT2D eigenvalue weighted by Gasteiger charge is 2.67. The van der Waals surface area contributed by atoms with Gasteiger partial charge in [-0.3, -0.25) is 14.2 Å². The lowest BCUT2D eigenvalue weighted by Gasteiger charge is -2.50. The van der Waals surface area contributed by atoms with E-state index in [9.17, 15) is 14.7 Å². The molecule has 1 aromatic heterocycles. The number of Topliss-reactive ketones (excluding diaryl/α,β-unsaturated/α-hetero) is 1. The van der Waals surface area contributed by atoms with Gasteiger partial charge in [-0.25, -0.2) is 9.36 Å². The van der Waals surface area contributed by atoms with Crippen molar-refractivity contribution in [2.75, 3.05) is 6.61 Å². The molecule has 2 saturated heterocycles. The summed E-state index contributed by atoms with van der Waals surface area (Å²) in [5.41, 5.74) is -2.65. The third kappa shape index (κ3) is 6.63. The van der Waals surface area contributed by atoms with E-state index >= 15 is 4.79 Å². The largest absolute Gasteiger partial charge is 0.414 e. The molecule has 11 nitrogen and oxygen atoms in total. The predicted octanol–water partition coefficient (Wildman–Crippen LogP) is 5.50. The number of carbonyl (C=O) groups excluding carboxylic acids is 1. The van der Waals surface area contributed by atoms with Crippen molar-refractivity contribution in [1.82, 2.24) is 9.13 Å². The summed E-state index contributed by atoms with van der Waals surface area (Å²) in [5, 5.41) is 12.2. The van der Waals surface area contributed by atoms with Crippen molar-refractivity contribution in [3.63, 3.8) is 0 Å². The molecular weight excluding hydrogens is 661 g/mol. The molecule has 5 rings (SSSR count). The van der Waals surface area contributed by atoms with Crippen LogP contribution >= 0.6 is 0 Å². The van der Waals surface area contributed by atoms with Crippen LogP contribution in [0.1, 0.15) is 72.6 Å². The van der Waals surface area contributed by atoms with Crippen LogP contribution in [0.5, 0.6) is 0 Å². The minimum atomic E-state index is -3.28. The number of ketones is 1. The number of ether oxygens (including phenoxy) is 2. The van der Waals surface area contributed by atoms with E-state index in [1.807, 2.05) is 58.0 Å². The third-order valence-electron chi connectivity index (χ3n) is 9.85. The van der Waals surface area contributed by atoms with E-state index in [1.54, 1.807) is 30.3 Å². The molecule has 3 aromatic rings. The van der Waals surface area contributed by atoms with Gasteiger partial charge in [0.2, 0.25) is 11.5 Å². The van der Waals surface area contributed by atoms with Crippen LogP contribution in [0.25, 0.3) is 0 Å². The summed E-state index contributed by atoms with van der Waals surface area (Å²) in [6.07, 6.45) is -2.65. The van der Waals surface area contributed by atoms with Gasteiger partial charge in [0.05, 0.1) is 13.2 Å². The van der Waals surface area contributed by atoms with E-state index in [0.29, 0.717) is 5.56 Å². The SMILES string of the molecule is CC(C)[Si]1(C(C)C)OC[C@H]2O[C@](C(O)c3ccccc3)(n3ccc(=O)n(COCc4ccccc4)c3=O)C(=O)[C@@H]2O[Si](C(C)C)(C(C)C)O1. The van der Waals surface area contributed by atoms with Gasteiger partial charge in [-0.15, -0.1) is 0 Å². The Morgan fingerprint density at radius 2 is 1.41 bits per heavy atom. The van der Waals surface area contributed by atoms with Gasteiger partial charge in [0.1, 0.15) is 25.0 Å². The molecule has 1 unspecified atom stereocenters. The molecule has 0 aliphatic carbocycles. The third-order valence-corrected chi connectivity index (χ3v) is 20.1. The number of aromatic nitrogens is 2. The maximum absolute atomic E-state index is 15.1. The summed E-state index contributed by atoms with van der Waals surface area (Å²) >= 11 is 0.